The molecular formula is C14H25N5O. The van der Waals surface area contributed by atoms with Crippen LogP contribution in [0, 0.1) is 6.92 Å². The molecule has 0 spiro atoms. The normalized spacial score (nSPS) is 10.7. The predicted molar refractivity (Wildman–Crippen MR) is 81.5 cm³/mol. The molecule has 1 amide bonds. The summed E-state index contributed by atoms with van der Waals surface area (Å²) in [5.74, 6) is 5.91. The van der Waals surface area contributed by atoms with Gasteiger partial charge in [0.25, 0.3) is 5.91 Å². The monoisotopic (exact) mass is 279 g/mol. The summed E-state index contributed by atoms with van der Waals surface area (Å²) >= 11 is 0. The fourth-order valence-electron chi connectivity index (χ4n) is 1.95. The minimum absolute atomic E-state index is 0.0238. The molecule has 0 fully saturated rings. The lowest BCUT2D eigenvalue weighted by Gasteiger charge is -2.24. The molecule has 3 N–H and O–H groups in total. The van der Waals surface area contributed by atoms with Crippen LogP contribution in [-0.2, 0) is 0 Å². The Balaban J connectivity index is 2.90. The van der Waals surface area contributed by atoms with Gasteiger partial charge in [0.1, 0.15) is 5.82 Å². The molecule has 6 nitrogen and oxygen atoms in total. The summed E-state index contributed by atoms with van der Waals surface area (Å²) in [4.78, 5) is 20.7. The van der Waals surface area contributed by atoms with Crippen LogP contribution in [0.25, 0.3) is 0 Å². The fraction of sp³-hybridized carbons (Fsp3) is 0.571. The number of hydrazine groups is 1. The Bertz CT molecular complexity index is 447. The summed E-state index contributed by atoms with van der Waals surface area (Å²) in [5.41, 5.74) is 3.89. The van der Waals surface area contributed by atoms with Gasteiger partial charge in [-0.1, -0.05) is 6.92 Å². The number of carbonyl (C=O) groups excluding carboxylic acids is 1. The van der Waals surface area contributed by atoms with E-state index in [-0.39, 0.29) is 5.91 Å². The number of hydrogen-bond acceptors (Lipinski definition) is 5. The fourth-order valence-corrected chi connectivity index (χ4v) is 1.95. The first-order valence-corrected chi connectivity index (χ1v) is 6.87. The summed E-state index contributed by atoms with van der Waals surface area (Å²) in [6.45, 7) is 6.23. The van der Waals surface area contributed by atoms with Gasteiger partial charge in [0.05, 0.1) is 0 Å². The average molecular weight is 279 g/mol. The molecule has 1 heterocycles. The Labute approximate surface area is 120 Å². The van der Waals surface area contributed by atoms with E-state index in [1.807, 2.05) is 25.9 Å². The van der Waals surface area contributed by atoms with E-state index in [2.05, 4.69) is 22.2 Å². The Kier molecular flexibility index (Phi) is 6.41. The summed E-state index contributed by atoms with van der Waals surface area (Å²) in [5, 5.41) is 0. The van der Waals surface area contributed by atoms with Crippen molar-refractivity contribution in [1.82, 2.24) is 14.8 Å². The highest BCUT2D eigenvalue weighted by atomic mass is 16.2. The largest absolute Gasteiger partial charge is 0.337 e. The molecule has 0 aliphatic carbocycles. The van der Waals surface area contributed by atoms with Crippen LogP contribution in [0.3, 0.4) is 0 Å². The molecule has 0 aliphatic rings. The van der Waals surface area contributed by atoms with Crippen LogP contribution < -0.4 is 11.3 Å². The van der Waals surface area contributed by atoms with E-state index in [1.165, 1.54) is 0 Å². The number of pyridine rings is 1. The van der Waals surface area contributed by atoms with Crippen LogP contribution >= 0.6 is 0 Å². The number of nitrogen functional groups attached to an aromatic ring is 1. The predicted octanol–water partition coefficient (Wildman–Crippen LogP) is 1.09. The van der Waals surface area contributed by atoms with Crippen molar-refractivity contribution in [3.63, 3.8) is 0 Å². The highest BCUT2D eigenvalue weighted by molar-refractivity contribution is 5.95. The van der Waals surface area contributed by atoms with E-state index >= 15 is 0 Å². The Hall–Kier alpha value is -1.66. The molecule has 20 heavy (non-hydrogen) atoms. The first-order valence-electron chi connectivity index (χ1n) is 6.87. The van der Waals surface area contributed by atoms with E-state index in [0.717, 1.165) is 25.2 Å². The highest BCUT2D eigenvalue weighted by Gasteiger charge is 2.16. The van der Waals surface area contributed by atoms with Crippen LogP contribution in [-0.4, -0.2) is 54.4 Å². The van der Waals surface area contributed by atoms with Crippen LogP contribution in [0.1, 0.15) is 29.4 Å². The molecule has 0 aromatic carbocycles. The SMILES string of the molecule is CCCN(CCN(C)C)C(=O)c1cc(C)nc(NN)c1. The first-order chi connectivity index (χ1) is 9.47. The molecule has 0 atom stereocenters. The maximum absolute atomic E-state index is 12.6. The van der Waals surface area contributed by atoms with Crippen LogP contribution in [0.5, 0.6) is 0 Å². The van der Waals surface area contributed by atoms with Crippen LogP contribution in [0.4, 0.5) is 5.82 Å². The van der Waals surface area contributed by atoms with Gasteiger partial charge in [-0.15, -0.1) is 0 Å². The third-order valence-corrected chi connectivity index (χ3v) is 2.95. The minimum Gasteiger partial charge on any atom is -0.337 e. The van der Waals surface area contributed by atoms with Crippen LogP contribution in [0.15, 0.2) is 12.1 Å². The lowest BCUT2D eigenvalue weighted by molar-refractivity contribution is 0.0745. The average Bonchev–Trinajstić information content (AvgIpc) is 2.41. The van der Waals surface area contributed by atoms with Crippen LogP contribution in [0.2, 0.25) is 0 Å². The summed E-state index contributed by atoms with van der Waals surface area (Å²) in [7, 11) is 4.00. The quantitative estimate of drug-likeness (QED) is 0.577. The van der Waals surface area contributed by atoms with E-state index in [4.69, 9.17) is 5.84 Å². The van der Waals surface area contributed by atoms with E-state index in [1.54, 1.807) is 12.1 Å². The minimum atomic E-state index is 0.0238. The van der Waals surface area contributed by atoms with Gasteiger partial charge in [-0.3, -0.25) is 4.79 Å². The van der Waals surface area contributed by atoms with Gasteiger partial charge >= 0.3 is 0 Å². The number of hydrogen-bond donors (Lipinski definition) is 2. The molecular weight excluding hydrogens is 254 g/mol. The number of anilines is 1. The molecule has 1 aromatic rings. The lowest BCUT2D eigenvalue weighted by Crippen LogP contribution is -2.37. The van der Waals surface area contributed by atoms with Crippen molar-refractivity contribution in [2.45, 2.75) is 20.3 Å². The summed E-state index contributed by atoms with van der Waals surface area (Å²) in [6, 6.07) is 3.48. The molecule has 0 radical (unpaired) electrons. The standard InChI is InChI=1S/C14H25N5O/c1-5-6-19(8-7-18(3)4)14(20)12-9-11(2)16-13(10-12)17-15/h9-10H,5-8,15H2,1-4H3,(H,16,17). The summed E-state index contributed by atoms with van der Waals surface area (Å²) < 4.78 is 0. The van der Waals surface area contributed by atoms with Gasteiger partial charge in [0.2, 0.25) is 0 Å². The van der Waals surface area contributed by atoms with Gasteiger partial charge < -0.3 is 15.2 Å². The van der Waals surface area contributed by atoms with E-state index < -0.39 is 0 Å². The smallest absolute Gasteiger partial charge is 0.254 e. The molecule has 112 valence electrons. The maximum atomic E-state index is 12.6. The number of nitrogens with zero attached hydrogens (tertiary/aromatic N) is 3. The van der Waals surface area contributed by atoms with Crippen molar-refractivity contribution < 1.29 is 4.79 Å². The van der Waals surface area contributed by atoms with Gasteiger partial charge in [-0.2, -0.15) is 0 Å². The zero-order valence-corrected chi connectivity index (χ0v) is 12.8. The molecule has 0 saturated carbocycles. The Morgan fingerprint density at radius 2 is 2.00 bits per heavy atom. The van der Waals surface area contributed by atoms with Gasteiger partial charge in [-0.05, 0) is 39.6 Å². The molecule has 0 saturated heterocycles. The van der Waals surface area contributed by atoms with E-state index in [0.29, 0.717) is 17.9 Å². The van der Waals surface area contributed by atoms with Crippen molar-refractivity contribution in [3.8, 4) is 0 Å². The number of nitrogens with two attached hydrogens (primary N) is 1. The number of amides is 1. The Morgan fingerprint density at radius 3 is 2.55 bits per heavy atom. The van der Waals surface area contributed by atoms with Gasteiger partial charge in [0.15, 0.2) is 0 Å². The first kappa shape index (κ1) is 16.4. The van der Waals surface area contributed by atoms with Gasteiger partial charge in [-0.25, -0.2) is 10.8 Å². The third kappa shape index (κ3) is 4.79. The molecule has 0 aliphatic heterocycles. The molecule has 6 heteroatoms. The second kappa shape index (κ2) is 7.81. The number of aryl methyl sites for hydroxylation is 1. The number of aromatic nitrogens is 1. The second-order valence-electron chi connectivity index (χ2n) is 5.12. The number of rotatable bonds is 7. The number of carbonyl (C=O) groups is 1. The zero-order valence-electron chi connectivity index (χ0n) is 12.8. The molecule has 0 bridgehead atoms. The molecule has 1 rings (SSSR count). The van der Waals surface area contributed by atoms with E-state index in [9.17, 15) is 4.79 Å². The van der Waals surface area contributed by atoms with Crippen molar-refractivity contribution in [3.05, 3.63) is 23.4 Å². The number of likely N-dealkylation sites (N-methyl/N-ethyl adjacent to an activating group) is 1. The number of nitrogens with one attached hydrogen (secondary N) is 1. The highest BCUT2D eigenvalue weighted by Crippen LogP contribution is 2.12. The topological polar surface area (TPSA) is 74.5 Å². The molecule has 1 aromatic heterocycles. The maximum Gasteiger partial charge on any atom is 0.254 e. The zero-order chi connectivity index (χ0) is 15.1. The second-order valence-corrected chi connectivity index (χ2v) is 5.12. The third-order valence-electron chi connectivity index (χ3n) is 2.95. The van der Waals surface area contributed by atoms with Crippen molar-refractivity contribution in [2.75, 3.05) is 39.2 Å². The Morgan fingerprint density at radius 1 is 1.30 bits per heavy atom. The molecule has 0 unspecified atom stereocenters. The summed E-state index contributed by atoms with van der Waals surface area (Å²) in [6.07, 6.45) is 0.936. The van der Waals surface area contributed by atoms with Crippen molar-refractivity contribution >= 4 is 11.7 Å². The van der Waals surface area contributed by atoms with Crippen molar-refractivity contribution in [1.29, 1.82) is 0 Å². The lowest BCUT2D eigenvalue weighted by atomic mass is 10.2. The van der Waals surface area contributed by atoms with Gasteiger partial charge in [0, 0.05) is 30.9 Å². The van der Waals surface area contributed by atoms with Crippen molar-refractivity contribution in [2.24, 2.45) is 5.84 Å².